The van der Waals surface area contributed by atoms with Crippen LogP contribution in [0.5, 0.6) is 0 Å². The van der Waals surface area contributed by atoms with Crippen LogP contribution in [-0.4, -0.2) is 6.03 Å². The average molecular weight is 236 g/mol. The molecule has 0 fully saturated rings. The minimum absolute atomic E-state index is 0.546. The summed E-state index contributed by atoms with van der Waals surface area (Å²) < 4.78 is 0. The number of benzene rings is 3. The van der Waals surface area contributed by atoms with Gasteiger partial charge in [0.2, 0.25) is 0 Å². The maximum absolute atomic E-state index is 10.8. The lowest BCUT2D eigenvalue weighted by Crippen LogP contribution is -2.19. The zero-order valence-corrected chi connectivity index (χ0v) is 9.68. The Balaban J connectivity index is 2.20. The van der Waals surface area contributed by atoms with Crippen LogP contribution in [0.3, 0.4) is 0 Å². The number of hydrogen-bond donors (Lipinski definition) is 2. The largest absolute Gasteiger partial charge is 0.351 e. The molecule has 0 bridgehead atoms. The molecular formula is C15H12N2O. The Labute approximate surface area is 104 Å². The van der Waals surface area contributed by atoms with E-state index in [1.807, 2.05) is 30.3 Å². The summed E-state index contributed by atoms with van der Waals surface area (Å²) in [6.07, 6.45) is 0. The molecule has 0 atom stereocenters. The number of fused-ring (bicyclic) bond motifs is 2. The first-order valence-electron chi connectivity index (χ1n) is 5.71. The highest BCUT2D eigenvalue weighted by molar-refractivity contribution is 6.00. The topological polar surface area (TPSA) is 55.1 Å². The lowest BCUT2D eigenvalue weighted by molar-refractivity contribution is 0.259. The smallest absolute Gasteiger partial charge is 0.316 e. The van der Waals surface area contributed by atoms with Gasteiger partial charge in [-0.2, -0.15) is 0 Å². The molecular weight excluding hydrogens is 224 g/mol. The van der Waals surface area contributed by atoms with Gasteiger partial charge in [-0.25, -0.2) is 4.79 Å². The average Bonchev–Trinajstić information content (AvgIpc) is 2.35. The third-order valence-corrected chi connectivity index (χ3v) is 2.97. The minimum Gasteiger partial charge on any atom is -0.351 e. The third-order valence-electron chi connectivity index (χ3n) is 2.97. The van der Waals surface area contributed by atoms with E-state index in [4.69, 9.17) is 5.73 Å². The molecule has 2 amide bonds. The van der Waals surface area contributed by atoms with Crippen LogP contribution in [0.1, 0.15) is 0 Å². The molecule has 88 valence electrons. The molecule has 0 saturated heterocycles. The van der Waals surface area contributed by atoms with Crippen molar-refractivity contribution in [3.8, 4) is 0 Å². The van der Waals surface area contributed by atoms with Crippen LogP contribution in [0, 0.1) is 0 Å². The van der Waals surface area contributed by atoms with Crippen molar-refractivity contribution in [2.75, 3.05) is 5.32 Å². The Bertz CT molecular complexity index is 750. The van der Waals surface area contributed by atoms with Crippen LogP contribution in [0.15, 0.2) is 54.6 Å². The number of nitrogens with one attached hydrogen (secondary N) is 1. The third kappa shape index (κ3) is 1.86. The second kappa shape index (κ2) is 4.04. The molecule has 0 aromatic heterocycles. The lowest BCUT2D eigenvalue weighted by atomic mass is 10.0. The van der Waals surface area contributed by atoms with E-state index in [2.05, 4.69) is 29.6 Å². The van der Waals surface area contributed by atoms with Crippen molar-refractivity contribution in [1.29, 1.82) is 0 Å². The van der Waals surface area contributed by atoms with E-state index >= 15 is 0 Å². The Morgan fingerprint density at radius 1 is 0.833 bits per heavy atom. The van der Waals surface area contributed by atoms with E-state index < -0.39 is 6.03 Å². The summed E-state index contributed by atoms with van der Waals surface area (Å²) in [5.41, 5.74) is 5.82. The standard InChI is InChI=1S/C15H12N2O/c16-15(18)17-14-6-5-12-7-10-3-1-2-4-11(10)8-13(12)9-14/h1-9H,(H3,16,17,18). The predicted octanol–water partition coefficient (Wildman–Crippen LogP) is 3.48. The summed E-state index contributed by atoms with van der Waals surface area (Å²) in [5.74, 6) is 0. The van der Waals surface area contributed by atoms with Crippen molar-refractivity contribution < 1.29 is 4.79 Å². The highest BCUT2D eigenvalue weighted by Gasteiger charge is 2.00. The van der Waals surface area contributed by atoms with Gasteiger partial charge in [-0.05, 0) is 45.8 Å². The van der Waals surface area contributed by atoms with Crippen LogP contribution in [0.2, 0.25) is 0 Å². The maximum Gasteiger partial charge on any atom is 0.316 e. The first-order chi connectivity index (χ1) is 8.72. The molecule has 3 aromatic rings. The number of amides is 2. The van der Waals surface area contributed by atoms with Crippen molar-refractivity contribution >= 4 is 33.3 Å². The lowest BCUT2D eigenvalue weighted by Gasteiger charge is -2.05. The fourth-order valence-corrected chi connectivity index (χ4v) is 2.16. The molecule has 0 radical (unpaired) electrons. The summed E-state index contributed by atoms with van der Waals surface area (Å²) in [6.45, 7) is 0. The van der Waals surface area contributed by atoms with Gasteiger partial charge in [0.05, 0.1) is 0 Å². The van der Waals surface area contributed by atoms with Gasteiger partial charge in [-0.3, -0.25) is 0 Å². The van der Waals surface area contributed by atoms with Gasteiger partial charge in [-0.1, -0.05) is 30.3 Å². The Morgan fingerprint density at radius 3 is 2.11 bits per heavy atom. The number of carbonyl (C=O) groups is 1. The zero-order chi connectivity index (χ0) is 12.5. The predicted molar refractivity (Wildman–Crippen MR) is 74.7 cm³/mol. The second-order valence-corrected chi connectivity index (χ2v) is 4.25. The van der Waals surface area contributed by atoms with Gasteiger partial charge in [0, 0.05) is 5.69 Å². The van der Waals surface area contributed by atoms with Gasteiger partial charge < -0.3 is 11.1 Å². The van der Waals surface area contributed by atoms with Crippen molar-refractivity contribution in [3.63, 3.8) is 0 Å². The Morgan fingerprint density at radius 2 is 1.44 bits per heavy atom. The Hall–Kier alpha value is -2.55. The number of rotatable bonds is 1. The van der Waals surface area contributed by atoms with Crippen LogP contribution >= 0.6 is 0 Å². The SMILES string of the molecule is NC(=O)Nc1ccc2cc3ccccc3cc2c1. The van der Waals surface area contributed by atoms with Crippen LogP contribution in [-0.2, 0) is 0 Å². The molecule has 0 aliphatic rings. The van der Waals surface area contributed by atoms with Crippen LogP contribution in [0.25, 0.3) is 21.5 Å². The molecule has 0 saturated carbocycles. The molecule has 3 N–H and O–H groups in total. The highest BCUT2D eigenvalue weighted by atomic mass is 16.2. The molecule has 0 unspecified atom stereocenters. The number of hydrogen-bond acceptors (Lipinski definition) is 1. The maximum atomic E-state index is 10.8. The van der Waals surface area contributed by atoms with Gasteiger partial charge >= 0.3 is 6.03 Å². The quantitative estimate of drug-likeness (QED) is 0.624. The summed E-state index contributed by atoms with van der Waals surface area (Å²) >= 11 is 0. The summed E-state index contributed by atoms with van der Waals surface area (Å²) in [6, 6.07) is 17.6. The fraction of sp³-hybridized carbons (Fsp3) is 0. The van der Waals surface area contributed by atoms with E-state index in [9.17, 15) is 4.79 Å². The Kier molecular flexibility index (Phi) is 2.38. The molecule has 3 aromatic carbocycles. The van der Waals surface area contributed by atoms with Crippen molar-refractivity contribution in [2.24, 2.45) is 5.73 Å². The second-order valence-electron chi connectivity index (χ2n) is 4.25. The number of anilines is 1. The van der Waals surface area contributed by atoms with Crippen LogP contribution in [0.4, 0.5) is 10.5 Å². The van der Waals surface area contributed by atoms with Gasteiger partial charge in [-0.15, -0.1) is 0 Å². The molecule has 3 nitrogen and oxygen atoms in total. The minimum atomic E-state index is -0.546. The van der Waals surface area contributed by atoms with E-state index in [0.717, 1.165) is 10.8 Å². The van der Waals surface area contributed by atoms with E-state index in [0.29, 0.717) is 5.69 Å². The van der Waals surface area contributed by atoms with Crippen molar-refractivity contribution in [1.82, 2.24) is 0 Å². The summed E-state index contributed by atoms with van der Waals surface area (Å²) in [7, 11) is 0. The molecule has 0 heterocycles. The first kappa shape index (κ1) is 10.6. The van der Waals surface area contributed by atoms with Crippen molar-refractivity contribution in [2.45, 2.75) is 0 Å². The van der Waals surface area contributed by atoms with E-state index in [-0.39, 0.29) is 0 Å². The van der Waals surface area contributed by atoms with E-state index in [1.165, 1.54) is 10.8 Å². The normalized spacial score (nSPS) is 10.7. The van der Waals surface area contributed by atoms with Crippen LogP contribution < -0.4 is 11.1 Å². The number of urea groups is 1. The fourth-order valence-electron chi connectivity index (χ4n) is 2.16. The molecule has 0 spiro atoms. The molecule has 18 heavy (non-hydrogen) atoms. The number of carbonyl (C=O) groups excluding carboxylic acids is 1. The van der Waals surface area contributed by atoms with Gasteiger partial charge in [0.25, 0.3) is 0 Å². The summed E-state index contributed by atoms with van der Waals surface area (Å²) in [4.78, 5) is 10.8. The van der Waals surface area contributed by atoms with Crippen molar-refractivity contribution in [3.05, 3.63) is 54.6 Å². The number of primary amides is 1. The first-order valence-corrected chi connectivity index (χ1v) is 5.71. The van der Waals surface area contributed by atoms with Gasteiger partial charge in [0.15, 0.2) is 0 Å². The monoisotopic (exact) mass is 236 g/mol. The summed E-state index contributed by atoms with van der Waals surface area (Å²) in [5, 5.41) is 7.20. The number of nitrogens with two attached hydrogens (primary N) is 1. The highest BCUT2D eigenvalue weighted by Crippen LogP contribution is 2.25. The molecule has 3 rings (SSSR count). The molecule has 0 aliphatic heterocycles. The van der Waals surface area contributed by atoms with Gasteiger partial charge in [0.1, 0.15) is 0 Å². The molecule has 3 heteroatoms. The zero-order valence-electron chi connectivity index (χ0n) is 9.68. The molecule has 0 aliphatic carbocycles. The van der Waals surface area contributed by atoms with E-state index in [1.54, 1.807) is 0 Å².